The number of primary amides is 1. The van der Waals surface area contributed by atoms with Gasteiger partial charge in [-0.15, -0.1) is 0 Å². The average molecular weight is 484 g/mol. The van der Waals surface area contributed by atoms with Crippen molar-refractivity contribution in [3.05, 3.63) is 88.9 Å². The van der Waals surface area contributed by atoms with Crippen molar-refractivity contribution in [1.29, 1.82) is 0 Å². The van der Waals surface area contributed by atoms with Gasteiger partial charge in [0.25, 0.3) is 0 Å². The van der Waals surface area contributed by atoms with Crippen LogP contribution in [0.2, 0.25) is 0 Å². The Morgan fingerprint density at radius 1 is 1.00 bits per heavy atom. The summed E-state index contributed by atoms with van der Waals surface area (Å²) >= 11 is 0. The number of anilines is 2. The maximum Gasteiger partial charge on any atom is 0.350 e. The van der Waals surface area contributed by atoms with Crippen molar-refractivity contribution in [1.82, 2.24) is 19.3 Å². The smallest absolute Gasteiger partial charge is 0.350 e. The first-order chi connectivity index (χ1) is 17.4. The molecule has 0 bridgehead atoms. The van der Waals surface area contributed by atoms with Crippen molar-refractivity contribution in [2.75, 3.05) is 22.9 Å². The Balaban J connectivity index is 1.46. The highest BCUT2D eigenvalue weighted by atomic mass is 16.2. The van der Waals surface area contributed by atoms with Gasteiger partial charge in [0, 0.05) is 43.1 Å². The Hall–Kier alpha value is -4.73. The largest absolute Gasteiger partial charge is 0.366 e. The second-order valence-corrected chi connectivity index (χ2v) is 8.49. The van der Waals surface area contributed by atoms with Crippen LogP contribution in [0.3, 0.4) is 0 Å². The lowest BCUT2D eigenvalue weighted by molar-refractivity contribution is 0.1000. The van der Waals surface area contributed by atoms with E-state index in [0.717, 1.165) is 22.4 Å². The third kappa shape index (κ3) is 3.92. The van der Waals surface area contributed by atoms with Gasteiger partial charge in [-0.25, -0.2) is 18.8 Å². The van der Waals surface area contributed by atoms with Gasteiger partial charge < -0.3 is 5.73 Å². The lowest BCUT2D eigenvalue weighted by Crippen LogP contribution is -2.32. The number of hydrogen-bond acceptors (Lipinski definition) is 5. The summed E-state index contributed by atoms with van der Waals surface area (Å²) in [7, 11) is 1.60. The quantitative estimate of drug-likeness (QED) is 0.452. The van der Waals surface area contributed by atoms with Crippen molar-refractivity contribution in [2.24, 2.45) is 12.8 Å². The number of benzene rings is 2. The Bertz CT molecular complexity index is 1520. The molecule has 0 atom stereocenters. The van der Waals surface area contributed by atoms with Gasteiger partial charge in [0.05, 0.1) is 17.6 Å². The first-order valence-electron chi connectivity index (χ1n) is 11.6. The van der Waals surface area contributed by atoms with Crippen LogP contribution in [0.25, 0.3) is 16.8 Å². The molecule has 1 aliphatic heterocycles. The molecule has 0 radical (unpaired) electrons. The predicted octanol–water partition coefficient (Wildman–Crippen LogP) is 2.74. The van der Waals surface area contributed by atoms with Gasteiger partial charge >= 0.3 is 11.7 Å². The zero-order valence-electron chi connectivity index (χ0n) is 20.0. The Labute approximate surface area is 207 Å². The lowest BCUT2D eigenvalue weighted by Gasteiger charge is -2.22. The van der Waals surface area contributed by atoms with Crippen LogP contribution in [0.4, 0.5) is 16.2 Å². The number of pyridine rings is 1. The van der Waals surface area contributed by atoms with Crippen LogP contribution in [-0.2, 0) is 13.5 Å². The number of amides is 3. The molecule has 0 aliphatic carbocycles. The molecule has 0 spiro atoms. The molecule has 0 unspecified atom stereocenters. The van der Waals surface area contributed by atoms with Gasteiger partial charge in [-0.2, -0.15) is 5.10 Å². The molecule has 5 rings (SSSR count). The van der Waals surface area contributed by atoms with E-state index in [9.17, 15) is 14.4 Å². The second-order valence-electron chi connectivity index (χ2n) is 8.49. The average Bonchev–Trinajstić information content (AvgIpc) is 3.45. The fourth-order valence-electron chi connectivity index (χ4n) is 4.52. The van der Waals surface area contributed by atoms with Crippen LogP contribution in [0.1, 0.15) is 22.8 Å². The number of carbonyl (C=O) groups is 2. The molecule has 2 aromatic carbocycles. The van der Waals surface area contributed by atoms with Gasteiger partial charge in [-0.1, -0.05) is 25.1 Å². The zero-order valence-corrected chi connectivity index (χ0v) is 20.0. The van der Waals surface area contributed by atoms with Crippen LogP contribution >= 0.6 is 0 Å². The van der Waals surface area contributed by atoms with E-state index in [1.807, 2.05) is 31.2 Å². The van der Waals surface area contributed by atoms with Gasteiger partial charge in [0.1, 0.15) is 6.33 Å². The fourth-order valence-corrected chi connectivity index (χ4v) is 4.52. The normalized spacial score (nSPS) is 13.4. The summed E-state index contributed by atoms with van der Waals surface area (Å²) in [5.74, 6) is -0.537. The van der Waals surface area contributed by atoms with E-state index in [1.165, 1.54) is 15.6 Å². The molecular weight excluding hydrogens is 458 g/mol. The minimum absolute atomic E-state index is 0.184. The summed E-state index contributed by atoms with van der Waals surface area (Å²) in [5.41, 5.74) is 10.5. The zero-order chi connectivity index (χ0) is 25.4. The Morgan fingerprint density at radius 3 is 2.42 bits per heavy atom. The number of nitrogens with two attached hydrogens (primary N) is 1. The highest BCUT2D eigenvalue weighted by Gasteiger charge is 2.32. The number of carbonyl (C=O) groups excluding carboxylic acids is 2. The van der Waals surface area contributed by atoms with E-state index in [2.05, 4.69) is 10.1 Å². The van der Waals surface area contributed by atoms with Crippen LogP contribution < -0.4 is 21.2 Å². The number of nitrogens with zero attached hydrogens (tertiary/aromatic N) is 6. The standard InChI is InChI=1S/C26H25N7O3/c1-3-21-22(17-7-9-19(10-8-17)33-16-29-30(2)25(33)35)14-28-15-23(21)32-12-11-31(26(32)36)20-6-4-5-18(13-20)24(27)34/h4-10,13-16H,3,11-12H2,1-2H3,(H2,27,34). The van der Waals surface area contributed by atoms with E-state index in [1.54, 1.807) is 53.5 Å². The molecule has 10 heteroatoms. The summed E-state index contributed by atoms with van der Waals surface area (Å²) in [6.07, 6.45) is 5.69. The molecule has 2 aromatic heterocycles. The third-order valence-corrected chi connectivity index (χ3v) is 6.41. The van der Waals surface area contributed by atoms with Crippen molar-refractivity contribution in [2.45, 2.75) is 13.3 Å². The Morgan fingerprint density at radius 2 is 1.75 bits per heavy atom. The van der Waals surface area contributed by atoms with Crippen LogP contribution in [0, 0.1) is 0 Å². The van der Waals surface area contributed by atoms with Crippen LogP contribution in [0.5, 0.6) is 0 Å². The number of urea groups is 1. The molecule has 0 saturated carbocycles. The van der Waals surface area contributed by atoms with Gasteiger partial charge in [0.2, 0.25) is 5.91 Å². The molecule has 2 N–H and O–H groups in total. The van der Waals surface area contributed by atoms with Crippen molar-refractivity contribution >= 4 is 23.3 Å². The molecule has 182 valence electrons. The number of aromatic nitrogens is 4. The summed E-state index contributed by atoms with van der Waals surface area (Å²) in [6.45, 7) is 3.00. The predicted molar refractivity (Wildman–Crippen MR) is 136 cm³/mol. The fraction of sp³-hybridized carbons (Fsp3) is 0.192. The minimum Gasteiger partial charge on any atom is -0.366 e. The third-order valence-electron chi connectivity index (χ3n) is 6.41. The first kappa shape index (κ1) is 23.0. The van der Waals surface area contributed by atoms with E-state index in [-0.39, 0.29) is 11.7 Å². The molecule has 4 aromatic rings. The second kappa shape index (κ2) is 9.14. The lowest BCUT2D eigenvalue weighted by atomic mass is 9.98. The van der Waals surface area contributed by atoms with Gasteiger partial charge in [-0.3, -0.25) is 19.6 Å². The highest BCUT2D eigenvalue weighted by molar-refractivity contribution is 6.07. The molecule has 3 heterocycles. The molecule has 1 saturated heterocycles. The monoisotopic (exact) mass is 483 g/mol. The molecule has 3 amide bonds. The Kier molecular flexibility index (Phi) is 5.85. The van der Waals surface area contributed by atoms with Crippen molar-refractivity contribution < 1.29 is 9.59 Å². The highest BCUT2D eigenvalue weighted by Crippen LogP contribution is 2.34. The van der Waals surface area contributed by atoms with E-state index >= 15 is 0 Å². The molecule has 1 fully saturated rings. The molecular formula is C26H25N7O3. The summed E-state index contributed by atoms with van der Waals surface area (Å²) in [4.78, 5) is 45.0. The van der Waals surface area contributed by atoms with Crippen LogP contribution in [-0.4, -0.2) is 44.4 Å². The van der Waals surface area contributed by atoms with Gasteiger partial charge in [0.15, 0.2) is 0 Å². The first-order valence-corrected chi connectivity index (χ1v) is 11.6. The summed E-state index contributed by atoms with van der Waals surface area (Å²) < 4.78 is 2.75. The summed E-state index contributed by atoms with van der Waals surface area (Å²) in [5, 5.41) is 4.00. The number of hydrogen-bond donors (Lipinski definition) is 1. The molecule has 36 heavy (non-hydrogen) atoms. The van der Waals surface area contributed by atoms with Crippen molar-refractivity contribution in [3.8, 4) is 16.8 Å². The summed E-state index contributed by atoms with van der Waals surface area (Å²) in [6, 6.07) is 14.2. The van der Waals surface area contributed by atoms with E-state index in [4.69, 9.17) is 5.73 Å². The maximum atomic E-state index is 13.4. The number of aryl methyl sites for hydroxylation is 1. The minimum atomic E-state index is -0.537. The number of rotatable bonds is 6. The van der Waals surface area contributed by atoms with E-state index < -0.39 is 5.91 Å². The van der Waals surface area contributed by atoms with Gasteiger partial charge in [-0.05, 0) is 47.9 Å². The van der Waals surface area contributed by atoms with Crippen LogP contribution in [0.15, 0.2) is 72.0 Å². The molecule has 1 aliphatic rings. The maximum absolute atomic E-state index is 13.4. The SMILES string of the molecule is CCc1c(-c2ccc(-n3cnn(C)c3=O)cc2)cncc1N1CCN(c2cccc(C(N)=O)c2)C1=O. The van der Waals surface area contributed by atoms with E-state index in [0.29, 0.717) is 36.4 Å². The van der Waals surface area contributed by atoms with Crippen molar-refractivity contribution in [3.63, 3.8) is 0 Å². The topological polar surface area (TPSA) is 119 Å². The molecule has 10 nitrogen and oxygen atoms in total.